The van der Waals surface area contributed by atoms with Crippen LogP contribution in [0.15, 0.2) is 48.5 Å². The average Bonchev–Trinajstić information content (AvgIpc) is 2.69. The van der Waals surface area contributed by atoms with Crippen molar-refractivity contribution in [3.05, 3.63) is 59.7 Å². The molecule has 0 aliphatic carbocycles. The number of ether oxygens (including phenoxy) is 2. The van der Waals surface area contributed by atoms with Gasteiger partial charge >= 0.3 is 6.03 Å². The Bertz CT molecular complexity index is 849. The number of amides is 2. The number of hydrogen-bond donors (Lipinski definition) is 1. The number of piperidine rings is 1. The van der Waals surface area contributed by atoms with Crippen LogP contribution in [-0.4, -0.2) is 29.8 Å². The molecule has 0 bridgehead atoms. The summed E-state index contributed by atoms with van der Waals surface area (Å²) in [7, 11) is 0. The van der Waals surface area contributed by atoms with Crippen molar-refractivity contribution in [2.24, 2.45) is 0 Å². The summed E-state index contributed by atoms with van der Waals surface area (Å²) >= 11 is 0. The van der Waals surface area contributed by atoms with Gasteiger partial charge in [0.05, 0.1) is 18.2 Å². The zero-order valence-corrected chi connectivity index (χ0v) is 14.3. The Morgan fingerprint density at radius 1 is 1.12 bits per heavy atom. The van der Waals surface area contributed by atoms with Gasteiger partial charge in [-0.25, -0.2) is 4.79 Å². The SMILES string of the molecule is N#Cc1ccc(NC(=O)N2CCC3(CC2)OCc2ccccc2O3)cc1. The van der Waals surface area contributed by atoms with Gasteiger partial charge in [-0.15, -0.1) is 0 Å². The van der Waals surface area contributed by atoms with Gasteiger partial charge < -0.3 is 19.7 Å². The molecule has 132 valence electrons. The van der Waals surface area contributed by atoms with Crippen molar-refractivity contribution in [1.82, 2.24) is 4.90 Å². The first-order valence-electron chi connectivity index (χ1n) is 8.64. The second-order valence-electron chi connectivity index (χ2n) is 6.52. The quantitative estimate of drug-likeness (QED) is 0.855. The largest absolute Gasteiger partial charge is 0.462 e. The Morgan fingerprint density at radius 3 is 2.58 bits per heavy atom. The number of benzene rings is 2. The average molecular weight is 349 g/mol. The highest BCUT2D eigenvalue weighted by Gasteiger charge is 2.41. The predicted octanol–water partition coefficient (Wildman–Crippen LogP) is 3.49. The fraction of sp³-hybridized carbons (Fsp3) is 0.300. The van der Waals surface area contributed by atoms with Crippen LogP contribution in [0.25, 0.3) is 0 Å². The van der Waals surface area contributed by atoms with Gasteiger partial charge in [0.25, 0.3) is 0 Å². The molecule has 0 radical (unpaired) electrons. The minimum atomic E-state index is -0.639. The lowest BCUT2D eigenvalue weighted by atomic mass is 10.0. The summed E-state index contributed by atoms with van der Waals surface area (Å²) in [5.41, 5.74) is 2.29. The van der Waals surface area contributed by atoms with Gasteiger partial charge in [-0.05, 0) is 30.3 Å². The maximum Gasteiger partial charge on any atom is 0.321 e. The number of fused-ring (bicyclic) bond motifs is 1. The smallest absolute Gasteiger partial charge is 0.321 e. The van der Waals surface area contributed by atoms with E-state index >= 15 is 0 Å². The molecule has 1 N–H and O–H groups in total. The molecule has 2 aromatic carbocycles. The molecular weight excluding hydrogens is 330 g/mol. The maximum absolute atomic E-state index is 12.5. The number of carbonyl (C=O) groups excluding carboxylic acids is 1. The van der Waals surface area contributed by atoms with Crippen molar-refractivity contribution in [2.45, 2.75) is 25.2 Å². The first kappa shape index (κ1) is 16.4. The number of nitrogens with zero attached hydrogens (tertiary/aromatic N) is 2. The molecule has 2 heterocycles. The molecule has 1 saturated heterocycles. The van der Waals surface area contributed by atoms with Gasteiger partial charge in [0.2, 0.25) is 5.79 Å². The molecule has 6 nitrogen and oxygen atoms in total. The highest BCUT2D eigenvalue weighted by molar-refractivity contribution is 5.89. The Hall–Kier alpha value is -3.04. The maximum atomic E-state index is 12.5. The first-order chi connectivity index (χ1) is 12.7. The van der Waals surface area contributed by atoms with E-state index in [1.807, 2.05) is 24.3 Å². The van der Waals surface area contributed by atoms with E-state index in [0.717, 1.165) is 11.3 Å². The Balaban J connectivity index is 1.36. The number of anilines is 1. The topological polar surface area (TPSA) is 74.6 Å². The number of nitrogens with one attached hydrogen (secondary N) is 1. The van der Waals surface area contributed by atoms with Crippen molar-refractivity contribution >= 4 is 11.7 Å². The normalized spacial score (nSPS) is 17.7. The highest BCUT2D eigenvalue weighted by Crippen LogP contribution is 2.37. The molecular formula is C20H19N3O3. The van der Waals surface area contributed by atoms with Crippen LogP contribution in [0.5, 0.6) is 5.75 Å². The Kier molecular flexibility index (Phi) is 4.23. The third-order valence-corrected chi connectivity index (χ3v) is 4.84. The number of para-hydroxylation sites is 1. The van der Waals surface area contributed by atoms with E-state index < -0.39 is 5.79 Å². The molecule has 6 heteroatoms. The van der Waals surface area contributed by atoms with Crippen molar-refractivity contribution in [3.8, 4) is 11.8 Å². The van der Waals surface area contributed by atoms with Crippen LogP contribution in [0.4, 0.5) is 10.5 Å². The van der Waals surface area contributed by atoms with E-state index in [9.17, 15) is 4.79 Å². The number of urea groups is 1. The third-order valence-electron chi connectivity index (χ3n) is 4.84. The molecule has 2 aliphatic rings. The first-order valence-corrected chi connectivity index (χ1v) is 8.64. The van der Waals surface area contributed by atoms with Gasteiger partial charge in [-0.3, -0.25) is 0 Å². The van der Waals surface area contributed by atoms with Crippen molar-refractivity contribution < 1.29 is 14.3 Å². The fourth-order valence-corrected chi connectivity index (χ4v) is 3.29. The van der Waals surface area contributed by atoms with Crippen molar-refractivity contribution in [2.75, 3.05) is 18.4 Å². The number of carbonyl (C=O) groups is 1. The standard InChI is InChI=1S/C20H19N3O3/c21-13-15-5-7-17(8-6-15)22-19(24)23-11-9-20(10-12-23)25-14-16-3-1-2-4-18(16)26-20/h1-8H,9-12,14H2,(H,22,24). The number of nitriles is 1. The van der Waals surface area contributed by atoms with E-state index in [1.165, 1.54) is 0 Å². The van der Waals surface area contributed by atoms with Crippen LogP contribution in [0.1, 0.15) is 24.0 Å². The Morgan fingerprint density at radius 2 is 1.85 bits per heavy atom. The van der Waals surface area contributed by atoms with E-state index in [2.05, 4.69) is 11.4 Å². The highest BCUT2D eigenvalue weighted by atomic mass is 16.7. The summed E-state index contributed by atoms with van der Waals surface area (Å²) in [6, 6.07) is 16.6. The summed E-state index contributed by atoms with van der Waals surface area (Å²) in [5, 5.41) is 11.7. The molecule has 1 spiro atoms. The van der Waals surface area contributed by atoms with Crippen LogP contribution in [0, 0.1) is 11.3 Å². The molecule has 0 atom stereocenters. The number of hydrogen-bond acceptors (Lipinski definition) is 4. The molecule has 0 aromatic heterocycles. The lowest BCUT2D eigenvalue weighted by Gasteiger charge is -2.43. The molecule has 2 aliphatic heterocycles. The minimum absolute atomic E-state index is 0.152. The minimum Gasteiger partial charge on any atom is -0.462 e. The van der Waals surface area contributed by atoms with Gasteiger partial charge in [0, 0.05) is 37.2 Å². The third kappa shape index (κ3) is 3.22. The van der Waals surface area contributed by atoms with Crippen LogP contribution < -0.4 is 10.1 Å². The van der Waals surface area contributed by atoms with Gasteiger partial charge in [-0.2, -0.15) is 5.26 Å². The molecule has 26 heavy (non-hydrogen) atoms. The number of rotatable bonds is 1. The second kappa shape index (κ2) is 6.70. The summed E-state index contributed by atoms with van der Waals surface area (Å²) < 4.78 is 12.1. The summed E-state index contributed by atoms with van der Waals surface area (Å²) in [6.07, 6.45) is 1.25. The summed E-state index contributed by atoms with van der Waals surface area (Å²) in [6.45, 7) is 1.65. The lowest BCUT2D eigenvalue weighted by molar-refractivity contribution is -0.225. The van der Waals surface area contributed by atoms with E-state index in [4.69, 9.17) is 14.7 Å². The molecule has 2 aromatic rings. The monoisotopic (exact) mass is 349 g/mol. The lowest BCUT2D eigenvalue weighted by Crippen LogP contribution is -2.53. The molecule has 0 unspecified atom stereocenters. The van der Waals surface area contributed by atoms with Crippen LogP contribution >= 0.6 is 0 Å². The van der Waals surface area contributed by atoms with Crippen LogP contribution in [-0.2, 0) is 11.3 Å². The van der Waals surface area contributed by atoms with Gasteiger partial charge in [0.1, 0.15) is 5.75 Å². The number of likely N-dealkylation sites (tertiary alicyclic amines) is 1. The van der Waals surface area contributed by atoms with E-state index in [-0.39, 0.29) is 6.03 Å². The Labute approximate surface area is 151 Å². The van der Waals surface area contributed by atoms with Gasteiger partial charge in [-0.1, -0.05) is 18.2 Å². The zero-order valence-electron chi connectivity index (χ0n) is 14.3. The molecule has 4 rings (SSSR count). The van der Waals surface area contributed by atoms with Crippen LogP contribution in [0.2, 0.25) is 0 Å². The van der Waals surface area contributed by atoms with E-state index in [0.29, 0.717) is 43.8 Å². The molecule has 0 saturated carbocycles. The summed E-state index contributed by atoms with van der Waals surface area (Å²) in [4.78, 5) is 14.2. The van der Waals surface area contributed by atoms with Crippen molar-refractivity contribution in [3.63, 3.8) is 0 Å². The summed E-state index contributed by atoms with van der Waals surface area (Å²) in [5.74, 6) is 0.230. The fourth-order valence-electron chi connectivity index (χ4n) is 3.29. The second-order valence-corrected chi connectivity index (χ2v) is 6.52. The predicted molar refractivity (Wildman–Crippen MR) is 95.6 cm³/mol. The van der Waals surface area contributed by atoms with E-state index in [1.54, 1.807) is 29.2 Å². The van der Waals surface area contributed by atoms with Crippen molar-refractivity contribution in [1.29, 1.82) is 5.26 Å². The molecule has 2 amide bonds. The van der Waals surface area contributed by atoms with Gasteiger partial charge in [0.15, 0.2) is 0 Å². The zero-order chi connectivity index (χ0) is 18.0. The van der Waals surface area contributed by atoms with Crippen LogP contribution in [0.3, 0.4) is 0 Å². The molecule has 1 fully saturated rings.